The van der Waals surface area contributed by atoms with Crippen LogP contribution >= 0.6 is 0 Å². The van der Waals surface area contributed by atoms with Crippen LogP contribution < -0.4 is 5.73 Å². The van der Waals surface area contributed by atoms with E-state index < -0.39 is 0 Å². The molecule has 1 fully saturated rings. The number of benzene rings is 1. The highest BCUT2D eigenvalue weighted by Gasteiger charge is 2.31. The van der Waals surface area contributed by atoms with Crippen molar-refractivity contribution in [2.75, 3.05) is 20.1 Å². The van der Waals surface area contributed by atoms with E-state index in [1.807, 2.05) is 0 Å². The molecular weight excluding hydrogens is 196 g/mol. The molecule has 0 amide bonds. The van der Waals surface area contributed by atoms with Gasteiger partial charge >= 0.3 is 0 Å². The minimum atomic E-state index is 0.0387. The Morgan fingerprint density at radius 2 is 2.12 bits per heavy atom. The van der Waals surface area contributed by atoms with Gasteiger partial charge < -0.3 is 10.6 Å². The Balaban J connectivity index is 1.95. The lowest BCUT2D eigenvalue weighted by atomic mass is 9.90. The van der Waals surface area contributed by atoms with E-state index in [4.69, 9.17) is 5.73 Å². The van der Waals surface area contributed by atoms with Crippen molar-refractivity contribution in [2.24, 2.45) is 5.73 Å². The average Bonchev–Trinajstić information content (AvgIpc) is 2.58. The highest BCUT2D eigenvalue weighted by atomic mass is 15.2. The summed E-state index contributed by atoms with van der Waals surface area (Å²) in [5.74, 6) is 0. The van der Waals surface area contributed by atoms with Crippen molar-refractivity contribution in [3.63, 3.8) is 0 Å². The van der Waals surface area contributed by atoms with Crippen LogP contribution in [0.1, 0.15) is 24.0 Å². The maximum atomic E-state index is 6.41. The molecule has 0 radical (unpaired) electrons. The molecule has 0 saturated carbocycles. The molecule has 1 aromatic rings. The van der Waals surface area contributed by atoms with Crippen molar-refractivity contribution in [1.29, 1.82) is 0 Å². The van der Waals surface area contributed by atoms with Gasteiger partial charge in [0.15, 0.2) is 0 Å². The summed E-state index contributed by atoms with van der Waals surface area (Å²) >= 11 is 0. The molecule has 2 heteroatoms. The van der Waals surface area contributed by atoms with E-state index in [1.165, 1.54) is 11.1 Å². The van der Waals surface area contributed by atoms with E-state index >= 15 is 0 Å². The number of hydrogen-bond donors (Lipinski definition) is 1. The first-order valence-electron chi connectivity index (χ1n) is 6.11. The number of likely N-dealkylation sites (tertiary alicyclic amines) is 1. The Morgan fingerprint density at radius 3 is 2.75 bits per heavy atom. The highest BCUT2D eigenvalue weighted by molar-refractivity contribution is 5.26. The summed E-state index contributed by atoms with van der Waals surface area (Å²) in [6, 6.07) is 8.61. The Labute approximate surface area is 98.4 Å². The maximum Gasteiger partial charge on any atom is 0.0298 e. The van der Waals surface area contributed by atoms with Gasteiger partial charge in [-0.2, -0.15) is 0 Å². The largest absolute Gasteiger partial charge is 0.324 e. The molecule has 2 N–H and O–H groups in total. The Bertz CT molecular complexity index is 362. The summed E-state index contributed by atoms with van der Waals surface area (Å²) in [5.41, 5.74) is 9.28. The fourth-order valence-corrected chi connectivity index (χ4v) is 2.59. The third-order valence-corrected chi connectivity index (χ3v) is 3.73. The van der Waals surface area contributed by atoms with Crippen LogP contribution in [0.15, 0.2) is 24.3 Å². The second-order valence-electron chi connectivity index (χ2n) is 5.28. The zero-order valence-electron chi connectivity index (χ0n) is 10.4. The summed E-state index contributed by atoms with van der Waals surface area (Å²) in [6.45, 7) is 4.36. The van der Waals surface area contributed by atoms with E-state index in [1.54, 1.807) is 0 Å². The number of nitrogens with zero attached hydrogens (tertiary/aromatic N) is 1. The number of likely N-dealkylation sites (N-methyl/N-ethyl adjacent to an activating group) is 1. The summed E-state index contributed by atoms with van der Waals surface area (Å²) in [5, 5.41) is 0. The second-order valence-corrected chi connectivity index (χ2v) is 5.28. The summed E-state index contributed by atoms with van der Waals surface area (Å²) in [7, 11) is 2.16. The first kappa shape index (κ1) is 11.6. The first-order valence-corrected chi connectivity index (χ1v) is 6.11. The molecule has 16 heavy (non-hydrogen) atoms. The lowest BCUT2D eigenvalue weighted by Gasteiger charge is -2.24. The normalized spacial score (nSPS) is 26.2. The predicted molar refractivity (Wildman–Crippen MR) is 68.5 cm³/mol. The zero-order chi connectivity index (χ0) is 11.6. The van der Waals surface area contributed by atoms with Gasteiger partial charge in [-0.1, -0.05) is 24.3 Å². The van der Waals surface area contributed by atoms with Crippen LogP contribution in [0.2, 0.25) is 0 Å². The predicted octanol–water partition coefficient (Wildman–Crippen LogP) is 1.96. The standard InChI is InChI=1S/C14H22N2/c1-12-5-3-4-6-13(12)7-8-14(15)9-10-16(2)11-14/h3-6H,7-11,15H2,1-2H3. The maximum absolute atomic E-state index is 6.41. The van der Waals surface area contributed by atoms with Crippen molar-refractivity contribution < 1.29 is 0 Å². The first-order chi connectivity index (χ1) is 7.59. The van der Waals surface area contributed by atoms with Crippen LogP contribution in [0, 0.1) is 6.92 Å². The molecule has 1 saturated heterocycles. The van der Waals surface area contributed by atoms with Crippen molar-refractivity contribution in [3.05, 3.63) is 35.4 Å². The van der Waals surface area contributed by atoms with E-state index in [0.717, 1.165) is 32.4 Å². The Morgan fingerprint density at radius 1 is 1.38 bits per heavy atom. The second kappa shape index (κ2) is 4.56. The molecule has 0 bridgehead atoms. The molecule has 2 nitrogen and oxygen atoms in total. The van der Waals surface area contributed by atoms with Crippen LogP contribution in [0.4, 0.5) is 0 Å². The molecule has 2 rings (SSSR count). The topological polar surface area (TPSA) is 29.3 Å². The summed E-state index contributed by atoms with van der Waals surface area (Å²) < 4.78 is 0. The quantitative estimate of drug-likeness (QED) is 0.840. The van der Waals surface area contributed by atoms with Gasteiger partial charge in [0.1, 0.15) is 0 Å². The molecule has 1 aliphatic heterocycles. The SMILES string of the molecule is Cc1ccccc1CCC1(N)CCN(C)C1. The van der Waals surface area contributed by atoms with E-state index in [9.17, 15) is 0 Å². The van der Waals surface area contributed by atoms with Gasteiger partial charge in [0.25, 0.3) is 0 Å². The minimum absolute atomic E-state index is 0.0387. The Hall–Kier alpha value is -0.860. The van der Waals surface area contributed by atoms with Gasteiger partial charge in [0.2, 0.25) is 0 Å². The van der Waals surface area contributed by atoms with E-state index in [-0.39, 0.29) is 5.54 Å². The third-order valence-electron chi connectivity index (χ3n) is 3.73. The third kappa shape index (κ3) is 2.63. The molecule has 1 aliphatic rings. The van der Waals surface area contributed by atoms with E-state index in [2.05, 4.69) is 43.1 Å². The molecule has 1 atom stereocenters. The fourth-order valence-electron chi connectivity index (χ4n) is 2.59. The van der Waals surface area contributed by atoms with Crippen LogP contribution in [-0.2, 0) is 6.42 Å². The molecule has 0 spiro atoms. The number of hydrogen-bond acceptors (Lipinski definition) is 2. The molecule has 88 valence electrons. The summed E-state index contributed by atoms with van der Waals surface area (Å²) in [6.07, 6.45) is 3.34. The van der Waals surface area contributed by atoms with Crippen molar-refractivity contribution in [3.8, 4) is 0 Å². The summed E-state index contributed by atoms with van der Waals surface area (Å²) in [4.78, 5) is 2.33. The minimum Gasteiger partial charge on any atom is -0.324 e. The average molecular weight is 218 g/mol. The molecule has 1 heterocycles. The smallest absolute Gasteiger partial charge is 0.0298 e. The number of rotatable bonds is 3. The van der Waals surface area contributed by atoms with Crippen LogP contribution in [0.3, 0.4) is 0 Å². The fraction of sp³-hybridized carbons (Fsp3) is 0.571. The van der Waals surface area contributed by atoms with Crippen LogP contribution in [0.25, 0.3) is 0 Å². The van der Waals surface area contributed by atoms with E-state index in [0.29, 0.717) is 0 Å². The van der Waals surface area contributed by atoms with Gasteiger partial charge in [-0.3, -0.25) is 0 Å². The molecular formula is C14H22N2. The van der Waals surface area contributed by atoms with Crippen LogP contribution in [0.5, 0.6) is 0 Å². The molecule has 0 aliphatic carbocycles. The lowest BCUT2D eigenvalue weighted by Crippen LogP contribution is -2.42. The van der Waals surface area contributed by atoms with Crippen molar-refractivity contribution in [1.82, 2.24) is 4.90 Å². The van der Waals surface area contributed by atoms with Crippen molar-refractivity contribution >= 4 is 0 Å². The van der Waals surface area contributed by atoms with Gasteiger partial charge in [-0.15, -0.1) is 0 Å². The zero-order valence-corrected chi connectivity index (χ0v) is 10.4. The molecule has 1 aromatic carbocycles. The van der Waals surface area contributed by atoms with Gasteiger partial charge in [-0.05, 0) is 50.9 Å². The lowest BCUT2D eigenvalue weighted by molar-refractivity contribution is 0.354. The van der Waals surface area contributed by atoms with Gasteiger partial charge in [0.05, 0.1) is 0 Å². The van der Waals surface area contributed by atoms with Crippen LogP contribution in [-0.4, -0.2) is 30.6 Å². The monoisotopic (exact) mass is 218 g/mol. The van der Waals surface area contributed by atoms with Gasteiger partial charge in [0, 0.05) is 12.1 Å². The number of aryl methyl sites for hydroxylation is 2. The highest BCUT2D eigenvalue weighted by Crippen LogP contribution is 2.23. The van der Waals surface area contributed by atoms with Crippen molar-refractivity contribution in [2.45, 2.75) is 31.7 Å². The molecule has 1 unspecified atom stereocenters. The van der Waals surface area contributed by atoms with Gasteiger partial charge in [-0.25, -0.2) is 0 Å². The number of nitrogens with two attached hydrogens (primary N) is 1. The Kier molecular flexibility index (Phi) is 3.31. The molecule has 0 aromatic heterocycles.